The van der Waals surface area contributed by atoms with Crippen LogP contribution in [0.4, 0.5) is 0 Å². The van der Waals surface area contributed by atoms with Gasteiger partial charge < -0.3 is 10.1 Å². The van der Waals surface area contributed by atoms with Gasteiger partial charge in [0, 0.05) is 12.5 Å². The van der Waals surface area contributed by atoms with Crippen LogP contribution in [0.2, 0.25) is 0 Å². The number of carbonyl (C=O) groups is 2. The Kier molecular flexibility index (Phi) is 6.94. The SMILES string of the molecule is CCCCCNC(=O)C(C)N1CCC(C=O)CC1. The fraction of sp³-hybridized carbons (Fsp3) is 0.857. The summed E-state index contributed by atoms with van der Waals surface area (Å²) in [5.74, 6) is 0.316. The van der Waals surface area contributed by atoms with Gasteiger partial charge in [-0.25, -0.2) is 0 Å². The second-order valence-electron chi connectivity index (χ2n) is 5.18. The van der Waals surface area contributed by atoms with Gasteiger partial charge in [0.05, 0.1) is 6.04 Å². The van der Waals surface area contributed by atoms with Crippen LogP contribution >= 0.6 is 0 Å². The molecule has 0 saturated carbocycles. The molecule has 1 atom stereocenters. The van der Waals surface area contributed by atoms with Crippen molar-refractivity contribution in [3.63, 3.8) is 0 Å². The first-order chi connectivity index (χ1) is 8.69. The number of hydrogen-bond donors (Lipinski definition) is 1. The van der Waals surface area contributed by atoms with E-state index in [0.29, 0.717) is 0 Å². The minimum atomic E-state index is -0.0702. The summed E-state index contributed by atoms with van der Waals surface area (Å²) in [5.41, 5.74) is 0. The van der Waals surface area contributed by atoms with Crippen molar-refractivity contribution < 1.29 is 9.59 Å². The van der Waals surface area contributed by atoms with Gasteiger partial charge >= 0.3 is 0 Å². The van der Waals surface area contributed by atoms with Crippen LogP contribution in [0.15, 0.2) is 0 Å². The Balaban J connectivity index is 2.24. The molecular weight excluding hydrogens is 228 g/mol. The molecule has 4 nitrogen and oxygen atoms in total. The van der Waals surface area contributed by atoms with Crippen molar-refractivity contribution in [1.29, 1.82) is 0 Å². The van der Waals surface area contributed by atoms with Gasteiger partial charge in [0.1, 0.15) is 6.29 Å². The number of unbranched alkanes of at least 4 members (excludes halogenated alkanes) is 2. The molecule has 1 N–H and O–H groups in total. The molecule has 0 aromatic heterocycles. The fourth-order valence-corrected chi connectivity index (χ4v) is 2.34. The van der Waals surface area contributed by atoms with E-state index in [1.54, 1.807) is 0 Å². The third-order valence-corrected chi connectivity index (χ3v) is 3.77. The van der Waals surface area contributed by atoms with Crippen LogP contribution in [0.3, 0.4) is 0 Å². The first kappa shape index (κ1) is 15.2. The summed E-state index contributed by atoms with van der Waals surface area (Å²) >= 11 is 0. The van der Waals surface area contributed by atoms with Gasteiger partial charge in [-0.2, -0.15) is 0 Å². The molecule has 1 amide bonds. The van der Waals surface area contributed by atoms with Crippen LogP contribution in [0.1, 0.15) is 46.0 Å². The molecule has 1 aliphatic heterocycles. The highest BCUT2D eigenvalue weighted by Gasteiger charge is 2.25. The number of piperidine rings is 1. The molecule has 0 aromatic rings. The van der Waals surface area contributed by atoms with E-state index in [1.807, 2.05) is 6.92 Å². The second-order valence-corrected chi connectivity index (χ2v) is 5.18. The van der Waals surface area contributed by atoms with Gasteiger partial charge in [0.2, 0.25) is 5.91 Å². The monoisotopic (exact) mass is 254 g/mol. The smallest absolute Gasteiger partial charge is 0.237 e. The highest BCUT2D eigenvalue weighted by molar-refractivity contribution is 5.81. The Morgan fingerprint density at radius 2 is 2.06 bits per heavy atom. The van der Waals surface area contributed by atoms with Gasteiger partial charge in [-0.15, -0.1) is 0 Å². The number of nitrogens with zero attached hydrogens (tertiary/aromatic N) is 1. The van der Waals surface area contributed by atoms with E-state index in [4.69, 9.17) is 0 Å². The van der Waals surface area contributed by atoms with Crippen molar-refractivity contribution in [2.45, 2.75) is 52.0 Å². The molecule has 1 unspecified atom stereocenters. The summed E-state index contributed by atoms with van der Waals surface area (Å²) in [4.78, 5) is 24.8. The maximum Gasteiger partial charge on any atom is 0.237 e. The number of likely N-dealkylation sites (tertiary alicyclic amines) is 1. The Morgan fingerprint density at radius 3 is 2.61 bits per heavy atom. The number of rotatable bonds is 7. The molecule has 1 saturated heterocycles. The highest BCUT2D eigenvalue weighted by Crippen LogP contribution is 2.17. The lowest BCUT2D eigenvalue weighted by Crippen LogP contribution is -2.48. The molecule has 4 heteroatoms. The van der Waals surface area contributed by atoms with Crippen molar-refractivity contribution in [2.24, 2.45) is 5.92 Å². The third-order valence-electron chi connectivity index (χ3n) is 3.77. The third kappa shape index (κ3) is 4.77. The lowest BCUT2D eigenvalue weighted by Gasteiger charge is -2.33. The van der Waals surface area contributed by atoms with Crippen LogP contribution in [-0.4, -0.2) is 42.8 Å². The molecule has 1 fully saturated rings. The number of hydrogen-bond acceptors (Lipinski definition) is 3. The molecule has 0 radical (unpaired) electrons. The maximum absolute atomic E-state index is 11.9. The molecule has 0 spiro atoms. The summed E-state index contributed by atoms with van der Waals surface area (Å²) in [5, 5.41) is 2.99. The molecule has 1 aliphatic rings. The zero-order chi connectivity index (χ0) is 13.4. The topological polar surface area (TPSA) is 49.4 Å². The van der Waals surface area contributed by atoms with E-state index in [-0.39, 0.29) is 17.9 Å². The van der Waals surface area contributed by atoms with Crippen molar-refractivity contribution in [1.82, 2.24) is 10.2 Å². The van der Waals surface area contributed by atoms with Gasteiger partial charge in [-0.3, -0.25) is 9.69 Å². The van der Waals surface area contributed by atoms with Crippen molar-refractivity contribution in [2.75, 3.05) is 19.6 Å². The standard InChI is InChI=1S/C14H26N2O2/c1-3-4-5-8-15-14(18)12(2)16-9-6-13(11-17)7-10-16/h11-13H,3-10H2,1-2H3,(H,15,18). The van der Waals surface area contributed by atoms with Gasteiger partial charge in [-0.1, -0.05) is 19.8 Å². The largest absolute Gasteiger partial charge is 0.355 e. The van der Waals surface area contributed by atoms with Crippen molar-refractivity contribution in [3.05, 3.63) is 0 Å². The number of nitrogens with one attached hydrogen (secondary N) is 1. The molecule has 1 rings (SSSR count). The Bertz CT molecular complexity index is 261. The quantitative estimate of drug-likeness (QED) is 0.554. The highest BCUT2D eigenvalue weighted by atomic mass is 16.2. The molecular formula is C14H26N2O2. The summed E-state index contributed by atoms with van der Waals surface area (Å²) < 4.78 is 0. The predicted octanol–water partition coefficient (Wildman–Crippen LogP) is 1.59. The molecule has 1 heterocycles. The Morgan fingerprint density at radius 1 is 1.39 bits per heavy atom. The molecule has 0 aliphatic carbocycles. The Labute approximate surface area is 110 Å². The summed E-state index contributed by atoms with van der Waals surface area (Å²) in [6, 6.07) is -0.0702. The van der Waals surface area contributed by atoms with Gasteiger partial charge in [-0.05, 0) is 39.3 Å². The lowest BCUT2D eigenvalue weighted by atomic mass is 9.97. The van der Waals surface area contributed by atoms with Gasteiger partial charge in [0.15, 0.2) is 0 Å². The maximum atomic E-state index is 11.9. The van der Waals surface area contributed by atoms with Crippen LogP contribution in [-0.2, 0) is 9.59 Å². The number of carbonyl (C=O) groups excluding carboxylic acids is 2. The van der Waals surface area contributed by atoms with Crippen LogP contribution in [0.5, 0.6) is 0 Å². The minimum Gasteiger partial charge on any atom is -0.355 e. The molecule has 0 aromatic carbocycles. The average Bonchev–Trinajstić information content (AvgIpc) is 2.42. The Hall–Kier alpha value is -0.900. The van der Waals surface area contributed by atoms with E-state index in [9.17, 15) is 9.59 Å². The van der Waals surface area contributed by atoms with Crippen LogP contribution < -0.4 is 5.32 Å². The van der Waals surface area contributed by atoms with E-state index in [1.165, 1.54) is 12.8 Å². The second kappa shape index (κ2) is 8.25. The van der Waals surface area contributed by atoms with Gasteiger partial charge in [0.25, 0.3) is 0 Å². The van der Waals surface area contributed by atoms with Crippen molar-refractivity contribution in [3.8, 4) is 0 Å². The van der Waals surface area contributed by atoms with E-state index in [2.05, 4.69) is 17.1 Å². The van der Waals surface area contributed by atoms with Crippen LogP contribution in [0.25, 0.3) is 0 Å². The molecule has 104 valence electrons. The minimum absolute atomic E-state index is 0.0702. The number of aldehydes is 1. The normalized spacial score (nSPS) is 19.4. The lowest BCUT2D eigenvalue weighted by molar-refractivity contribution is -0.126. The summed E-state index contributed by atoms with van der Waals surface area (Å²) in [6.45, 7) is 6.60. The zero-order valence-electron chi connectivity index (χ0n) is 11.7. The fourth-order valence-electron chi connectivity index (χ4n) is 2.34. The summed E-state index contributed by atoms with van der Waals surface area (Å²) in [6.07, 6.45) is 6.22. The molecule has 0 bridgehead atoms. The first-order valence-electron chi connectivity index (χ1n) is 7.16. The van der Waals surface area contributed by atoms with Crippen molar-refractivity contribution >= 4 is 12.2 Å². The van der Waals surface area contributed by atoms with E-state index >= 15 is 0 Å². The summed E-state index contributed by atoms with van der Waals surface area (Å²) in [7, 11) is 0. The predicted molar refractivity (Wildman–Crippen MR) is 72.4 cm³/mol. The average molecular weight is 254 g/mol. The molecule has 18 heavy (non-hydrogen) atoms. The number of amides is 1. The zero-order valence-corrected chi connectivity index (χ0v) is 11.7. The first-order valence-corrected chi connectivity index (χ1v) is 7.16. The van der Waals surface area contributed by atoms with E-state index < -0.39 is 0 Å². The van der Waals surface area contributed by atoms with E-state index in [0.717, 1.165) is 45.2 Å². The van der Waals surface area contributed by atoms with Crippen LogP contribution in [0, 0.1) is 5.92 Å².